The van der Waals surface area contributed by atoms with Gasteiger partial charge in [-0.25, -0.2) is 4.98 Å². The molecule has 1 aromatic carbocycles. The number of nitrogens with one attached hydrogen (secondary N) is 3. The summed E-state index contributed by atoms with van der Waals surface area (Å²) in [7, 11) is 4.13. The molecule has 0 saturated carbocycles. The van der Waals surface area contributed by atoms with Gasteiger partial charge < -0.3 is 25.4 Å². The van der Waals surface area contributed by atoms with Crippen molar-refractivity contribution in [3.8, 4) is 12.8 Å². The zero-order valence-corrected chi connectivity index (χ0v) is 24.6. The van der Waals surface area contributed by atoms with Gasteiger partial charge in [-0.2, -0.15) is 0 Å². The normalized spacial score (nSPS) is 14.6. The average molecular weight is 538 g/mol. The molecular weight excluding hydrogens is 494 g/mol. The van der Waals surface area contributed by atoms with E-state index in [1.54, 1.807) is 0 Å². The number of H-pyrrole nitrogens is 1. The number of rotatable bonds is 10. The summed E-state index contributed by atoms with van der Waals surface area (Å²) < 4.78 is 0. The highest BCUT2D eigenvalue weighted by Crippen LogP contribution is 2.29. The molecule has 3 aromatic rings. The van der Waals surface area contributed by atoms with Crippen LogP contribution in [0.3, 0.4) is 0 Å². The molecular formula is C33H43N7. The molecule has 3 N–H and O–H groups in total. The van der Waals surface area contributed by atoms with Crippen molar-refractivity contribution in [2.45, 2.75) is 27.2 Å². The fourth-order valence-electron chi connectivity index (χ4n) is 4.65. The zero-order valence-electron chi connectivity index (χ0n) is 24.6. The minimum absolute atomic E-state index is 0.338. The predicted molar refractivity (Wildman–Crippen MR) is 171 cm³/mol. The topological polar surface area (TPSA) is 72.1 Å². The highest BCUT2D eigenvalue weighted by Gasteiger charge is 2.19. The molecule has 3 heterocycles. The minimum atomic E-state index is 0.338. The molecule has 2 aromatic heterocycles. The van der Waals surface area contributed by atoms with E-state index in [0.717, 1.165) is 76.9 Å². The fourth-order valence-corrected chi connectivity index (χ4v) is 4.65. The van der Waals surface area contributed by atoms with Crippen molar-refractivity contribution in [1.82, 2.24) is 25.2 Å². The van der Waals surface area contributed by atoms with E-state index in [2.05, 4.69) is 115 Å². The van der Waals surface area contributed by atoms with Gasteiger partial charge in [0, 0.05) is 56.7 Å². The van der Waals surface area contributed by atoms with Gasteiger partial charge in [0.05, 0.1) is 23.6 Å². The maximum atomic E-state index is 5.04. The van der Waals surface area contributed by atoms with Gasteiger partial charge in [0.25, 0.3) is 0 Å². The van der Waals surface area contributed by atoms with Crippen LogP contribution in [0.5, 0.6) is 0 Å². The quantitative estimate of drug-likeness (QED) is 0.223. The van der Waals surface area contributed by atoms with Crippen LogP contribution in [0.15, 0.2) is 73.4 Å². The number of terminal acetylenes is 1. The lowest BCUT2D eigenvalue weighted by Crippen LogP contribution is -2.44. The lowest BCUT2D eigenvalue weighted by atomic mass is 9.98. The third-order valence-electron chi connectivity index (χ3n) is 7.18. The first-order chi connectivity index (χ1) is 19.3. The lowest BCUT2D eigenvalue weighted by Gasteiger charge is -2.33. The van der Waals surface area contributed by atoms with E-state index in [1.165, 1.54) is 5.56 Å². The summed E-state index contributed by atoms with van der Waals surface area (Å²) in [6.45, 7) is 18.5. The molecule has 0 bridgehead atoms. The Hall–Kier alpha value is -4.28. The van der Waals surface area contributed by atoms with E-state index in [9.17, 15) is 0 Å². The summed E-state index contributed by atoms with van der Waals surface area (Å²) in [6, 6.07) is 6.52. The standard InChI is InChI=1S/C31H41N7.C2H2/c1-8-23(17-26(9-2)34-22(5)21(3)4)24-10-11-27(32-6)25(16-24)18-30-35-28-19-33-20-29(31(28)36-30)38-14-12-37(7)13-15-38;1-2/h8-11,16-17,19-21,32,34H,2,5,12-15,18H2,1,3-4,6-7H3,(H,35,36);1-2H/b23-8+,26-17+;. The van der Waals surface area contributed by atoms with Crippen LogP contribution >= 0.6 is 0 Å². The number of hydrogen-bond acceptors (Lipinski definition) is 6. The van der Waals surface area contributed by atoms with Crippen molar-refractivity contribution >= 4 is 28.0 Å². The number of piperazine rings is 1. The Morgan fingerprint density at radius 1 is 1.18 bits per heavy atom. The Bertz CT molecular complexity index is 1400. The van der Waals surface area contributed by atoms with Crippen LogP contribution in [0.2, 0.25) is 0 Å². The molecule has 1 aliphatic heterocycles. The van der Waals surface area contributed by atoms with Crippen LogP contribution in [-0.2, 0) is 6.42 Å². The number of pyridine rings is 1. The van der Waals surface area contributed by atoms with E-state index in [1.807, 2.05) is 25.5 Å². The second kappa shape index (κ2) is 14.2. The molecule has 0 radical (unpaired) electrons. The number of fused-ring (bicyclic) bond motifs is 1. The number of aromatic nitrogens is 3. The van der Waals surface area contributed by atoms with E-state index in [0.29, 0.717) is 12.3 Å². The van der Waals surface area contributed by atoms with Gasteiger partial charge in [-0.3, -0.25) is 4.98 Å². The minimum Gasteiger partial charge on any atom is -0.388 e. The van der Waals surface area contributed by atoms with E-state index < -0.39 is 0 Å². The first-order valence-corrected chi connectivity index (χ1v) is 13.7. The number of allylic oxidation sites excluding steroid dienone is 5. The number of aromatic amines is 1. The molecule has 40 heavy (non-hydrogen) atoms. The van der Waals surface area contributed by atoms with Crippen LogP contribution in [0.25, 0.3) is 16.6 Å². The highest BCUT2D eigenvalue weighted by atomic mass is 15.3. The van der Waals surface area contributed by atoms with Crippen LogP contribution in [0, 0.1) is 18.8 Å². The van der Waals surface area contributed by atoms with E-state index in [4.69, 9.17) is 4.98 Å². The number of imidazole rings is 1. The van der Waals surface area contributed by atoms with Crippen molar-refractivity contribution in [3.05, 3.63) is 90.3 Å². The molecule has 1 aliphatic rings. The van der Waals surface area contributed by atoms with E-state index in [-0.39, 0.29) is 0 Å². The number of anilines is 2. The van der Waals surface area contributed by atoms with Gasteiger partial charge >= 0.3 is 0 Å². The number of benzene rings is 1. The molecule has 0 atom stereocenters. The summed E-state index contributed by atoms with van der Waals surface area (Å²) in [5, 5.41) is 6.74. The van der Waals surface area contributed by atoms with Crippen molar-refractivity contribution in [2.24, 2.45) is 5.92 Å². The molecule has 0 aliphatic carbocycles. The molecule has 1 fully saturated rings. The smallest absolute Gasteiger partial charge is 0.115 e. The molecule has 7 nitrogen and oxygen atoms in total. The van der Waals surface area contributed by atoms with Crippen molar-refractivity contribution in [3.63, 3.8) is 0 Å². The summed E-state index contributed by atoms with van der Waals surface area (Å²) in [4.78, 5) is 17.8. The SMILES string of the molecule is C#C.C=C/C(=C\C(=C/C)c1ccc(NC)c(Cc2nc3c(N4CCN(C)CC4)cncc3[nH]2)c1)NC(=C)C(C)C. The van der Waals surface area contributed by atoms with Gasteiger partial charge in [0.1, 0.15) is 11.3 Å². The number of nitrogens with zero attached hydrogens (tertiary/aromatic N) is 4. The molecule has 0 amide bonds. The molecule has 4 rings (SSSR count). The van der Waals surface area contributed by atoms with Gasteiger partial charge in [-0.15, -0.1) is 12.8 Å². The Balaban J connectivity index is 0.00000216. The van der Waals surface area contributed by atoms with Gasteiger partial charge in [0.15, 0.2) is 0 Å². The Morgan fingerprint density at radius 3 is 2.52 bits per heavy atom. The van der Waals surface area contributed by atoms with Crippen molar-refractivity contribution < 1.29 is 0 Å². The molecule has 1 saturated heterocycles. The van der Waals surface area contributed by atoms with Crippen LogP contribution in [-0.4, -0.2) is 60.1 Å². The van der Waals surface area contributed by atoms with Crippen LogP contribution in [0.1, 0.15) is 37.7 Å². The van der Waals surface area contributed by atoms with Crippen molar-refractivity contribution in [2.75, 3.05) is 50.5 Å². The monoisotopic (exact) mass is 537 g/mol. The van der Waals surface area contributed by atoms with E-state index >= 15 is 0 Å². The Morgan fingerprint density at radius 2 is 1.90 bits per heavy atom. The summed E-state index contributed by atoms with van der Waals surface area (Å²) >= 11 is 0. The largest absolute Gasteiger partial charge is 0.388 e. The van der Waals surface area contributed by atoms with Crippen LogP contribution in [0.4, 0.5) is 11.4 Å². The third-order valence-corrected chi connectivity index (χ3v) is 7.18. The maximum Gasteiger partial charge on any atom is 0.115 e. The highest BCUT2D eigenvalue weighted by molar-refractivity contribution is 5.88. The van der Waals surface area contributed by atoms with Crippen molar-refractivity contribution in [1.29, 1.82) is 0 Å². The maximum absolute atomic E-state index is 5.04. The van der Waals surface area contributed by atoms with Gasteiger partial charge in [0.2, 0.25) is 0 Å². The summed E-state index contributed by atoms with van der Waals surface area (Å²) in [5.41, 5.74) is 9.47. The average Bonchev–Trinajstić information content (AvgIpc) is 3.39. The number of likely N-dealkylation sites (N-methyl/N-ethyl adjacent to an activating group) is 1. The van der Waals surface area contributed by atoms with Crippen LogP contribution < -0.4 is 15.5 Å². The molecule has 7 heteroatoms. The second-order valence-electron chi connectivity index (χ2n) is 10.2. The fraction of sp³-hybridized carbons (Fsp3) is 0.333. The van der Waals surface area contributed by atoms with Gasteiger partial charge in [-0.1, -0.05) is 39.1 Å². The predicted octanol–water partition coefficient (Wildman–Crippen LogP) is 5.82. The Labute approximate surface area is 239 Å². The summed E-state index contributed by atoms with van der Waals surface area (Å²) in [5.74, 6) is 1.26. The lowest BCUT2D eigenvalue weighted by molar-refractivity contribution is 0.313. The van der Waals surface area contributed by atoms with Gasteiger partial charge in [-0.05, 0) is 60.9 Å². The first-order valence-electron chi connectivity index (χ1n) is 13.7. The first kappa shape index (κ1) is 30.3. The Kier molecular flexibility index (Phi) is 10.7. The zero-order chi connectivity index (χ0) is 29.2. The molecule has 0 unspecified atom stereocenters. The number of hydrogen-bond donors (Lipinski definition) is 3. The molecule has 0 spiro atoms. The molecule has 210 valence electrons. The second-order valence-corrected chi connectivity index (χ2v) is 10.2. The summed E-state index contributed by atoms with van der Waals surface area (Å²) in [6.07, 6.45) is 18.6. The third kappa shape index (κ3) is 7.22.